The molecule has 0 spiro atoms. The summed E-state index contributed by atoms with van der Waals surface area (Å²) < 4.78 is 5.18. The first-order valence-corrected chi connectivity index (χ1v) is 7.10. The minimum absolute atomic E-state index is 0.251. The molecule has 0 bridgehead atoms. The smallest absolute Gasteiger partial charge is 0.118 e. The summed E-state index contributed by atoms with van der Waals surface area (Å²) in [6.45, 7) is 7.22. The van der Waals surface area contributed by atoms with Crippen LogP contribution in [-0.4, -0.2) is 32.1 Å². The van der Waals surface area contributed by atoms with Gasteiger partial charge in [-0.25, -0.2) is 0 Å². The lowest BCUT2D eigenvalue weighted by Crippen LogP contribution is -2.40. The zero-order valence-corrected chi connectivity index (χ0v) is 12.8. The van der Waals surface area contributed by atoms with Gasteiger partial charge in [0.05, 0.1) is 7.11 Å². The Hall–Kier alpha value is -1.06. The van der Waals surface area contributed by atoms with Crippen LogP contribution in [0.2, 0.25) is 0 Å². The molecule has 0 amide bonds. The Bertz CT molecular complexity index is 349. The third-order valence-electron chi connectivity index (χ3n) is 4.15. The first kappa shape index (κ1) is 16.0. The van der Waals surface area contributed by atoms with Crippen molar-refractivity contribution in [1.82, 2.24) is 4.90 Å². The highest BCUT2D eigenvalue weighted by Gasteiger charge is 2.25. The van der Waals surface area contributed by atoms with E-state index < -0.39 is 0 Å². The van der Waals surface area contributed by atoms with Crippen LogP contribution in [-0.2, 0) is 6.54 Å². The van der Waals surface area contributed by atoms with Crippen LogP contribution >= 0.6 is 0 Å². The van der Waals surface area contributed by atoms with E-state index in [1.165, 1.54) is 5.56 Å². The molecule has 3 heteroatoms. The maximum absolute atomic E-state index is 5.97. The largest absolute Gasteiger partial charge is 0.497 e. The van der Waals surface area contributed by atoms with Crippen LogP contribution < -0.4 is 10.5 Å². The molecule has 0 saturated carbocycles. The predicted octanol–water partition coefficient (Wildman–Crippen LogP) is 2.89. The van der Waals surface area contributed by atoms with E-state index in [1.807, 2.05) is 12.1 Å². The zero-order valence-electron chi connectivity index (χ0n) is 12.8. The van der Waals surface area contributed by atoms with Crippen LogP contribution in [0.25, 0.3) is 0 Å². The number of methoxy groups -OCH3 is 1. The Morgan fingerprint density at radius 3 is 2.16 bits per heavy atom. The Morgan fingerprint density at radius 2 is 1.74 bits per heavy atom. The van der Waals surface area contributed by atoms with Gasteiger partial charge < -0.3 is 15.4 Å². The van der Waals surface area contributed by atoms with E-state index >= 15 is 0 Å². The normalized spacial score (nSPS) is 11.9. The molecule has 1 aromatic carbocycles. The van der Waals surface area contributed by atoms with E-state index in [1.54, 1.807) is 7.11 Å². The van der Waals surface area contributed by atoms with E-state index in [4.69, 9.17) is 10.5 Å². The fraction of sp³-hybridized carbons (Fsp3) is 0.625. The van der Waals surface area contributed by atoms with Gasteiger partial charge in [-0.2, -0.15) is 0 Å². The van der Waals surface area contributed by atoms with Gasteiger partial charge in [-0.15, -0.1) is 0 Å². The summed E-state index contributed by atoms with van der Waals surface area (Å²) >= 11 is 0. The van der Waals surface area contributed by atoms with Crippen LogP contribution in [0, 0.1) is 5.41 Å². The van der Waals surface area contributed by atoms with Crippen molar-refractivity contribution in [1.29, 1.82) is 0 Å². The fourth-order valence-corrected chi connectivity index (χ4v) is 2.50. The second kappa shape index (κ2) is 7.51. The van der Waals surface area contributed by atoms with Gasteiger partial charge in [-0.1, -0.05) is 26.0 Å². The molecule has 0 aliphatic heterocycles. The van der Waals surface area contributed by atoms with Crippen molar-refractivity contribution < 1.29 is 4.74 Å². The van der Waals surface area contributed by atoms with Gasteiger partial charge in [0, 0.05) is 13.1 Å². The molecule has 0 saturated heterocycles. The third-order valence-corrected chi connectivity index (χ3v) is 4.15. The van der Waals surface area contributed by atoms with Crippen molar-refractivity contribution >= 4 is 0 Å². The maximum Gasteiger partial charge on any atom is 0.118 e. The molecule has 0 aliphatic rings. The molecule has 3 nitrogen and oxygen atoms in total. The van der Waals surface area contributed by atoms with Crippen LogP contribution in [0.15, 0.2) is 24.3 Å². The minimum atomic E-state index is 0.251. The molecule has 0 aromatic heterocycles. The van der Waals surface area contributed by atoms with Gasteiger partial charge in [-0.3, -0.25) is 0 Å². The number of hydrogen-bond donors (Lipinski definition) is 1. The molecule has 0 radical (unpaired) electrons. The van der Waals surface area contributed by atoms with Gasteiger partial charge in [-0.05, 0) is 49.5 Å². The van der Waals surface area contributed by atoms with Crippen LogP contribution in [0.1, 0.15) is 32.3 Å². The molecular weight excluding hydrogens is 236 g/mol. The molecule has 0 aliphatic carbocycles. The van der Waals surface area contributed by atoms with E-state index in [2.05, 4.69) is 37.9 Å². The number of nitrogens with two attached hydrogens (primary N) is 1. The molecule has 19 heavy (non-hydrogen) atoms. The zero-order chi connectivity index (χ0) is 14.3. The number of nitrogens with zero attached hydrogens (tertiary/aromatic N) is 1. The highest BCUT2D eigenvalue weighted by molar-refractivity contribution is 5.27. The van der Waals surface area contributed by atoms with Gasteiger partial charge in [0.1, 0.15) is 5.75 Å². The van der Waals surface area contributed by atoms with E-state index in [-0.39, 0.29) is 5.41 Å². The standard InChI is InChI=1S/C16H28N2O/c1-5-16(6-2,12-17)13-18(3)11-14-7-9-15(19-4)10-8-14/h7-10H,5-6,11-13,17H2,1-4H3. The molecule has 0 unspecified atom stereocenters. The quantitative estimate of drug-likeness (QED) is 0.784. The molecular formula is C16H28N2O. The summed E-state index contributed by atoms with van der Waals surface area (Å²) in [6.07, 6.45) is 2.26. The molecule has 0 atom stereocenters. The van der Waals surface area contributed by atoms with Gasteiger partial charge in [0.15, 0.2) is 0 Å². The minimum Gasteiger partial charge on any atom is -0.497 e. The Balaban J connectivity index is 2.60. The van der Waals surface area contributed by atoms with Crippen molar-refractivity contribution in [3.05, 3.63) is 29.8 Å². The summed E-state index contributed by atoms with van der Waals surface area (Å²) in [6, 6.07) is 8.27. The van der Waals surface area contributed by atoms with E-state index in [9.17, 15) is 0 Å². The summed E-state index contributed by atoms with van der Waals surface area (Å²) in [7, 11) is 3.86. The number of hydrogen-bond acceptors (Lipinski definition) is 3. The monoisotopic (exact) mass is 264 g/mol. The summed E-state index contributed by atoms with van der Waals surface area (Å²) in [5.41, 5.74) is 7.52. The first-order valence-electron chi connectivity index (χ1n) is 7.10. The fourth-order valence-electron chi connectivity index (χ4n) is 2.50. The molecule has 0 fully saturated rings. The van der Waals surface area contributed by atoms with E-state index in [0.717, 1.165) is 38.2 Å². The average molecular weight is 264 g/mol. The topological polar surface area (TPSA) is 38.5 Å². The number of benzene rings is 1. The molecule has 108 valence electrons. The highest BCUT2D eigenvalue weighted by Crippen LogP contribution is 2.26. The maximum atomic E-state index is 5.97. The van der Waals surface area contributed by atoms with E-state index in [0.29, 0.717) is 0 Å². The summed E-state index contributed by atoms with van der Waals surface area (Å²) in [5.74, 6) is 0.907. The average Bonchev–Trinajstić information content (AvgIpc) is 2.46. The third kappa shape index (κ3) is 4.51. The number of ether oxygens (including phenoxy) is 1. The first-order chi connectivity index (χ1) is 9.09. The molecule has 1 aromatic rings. The lowest BCUT2D eigenvalue weighted by Gasteiger charge is -2.34. The second-order valence-electron chi connectivity index (χ2n) is 5.43. The van der Waals surface area contributed by atoms with Crippen molar-refractivity contribution in [2.45, 2.75) is 33.2 Å². The molecule has 0 heterocycles. The van der Waals surface area contributed by atoms with Crippen molar-refractivity contribution in [3.63, 3.8) is 0 Å². The Kier molecular flexibility index (Phi) is 6.32. The summed E-state index contributed by atoms with van der Waals surface area (Å²) in [4.78, 5) is 2.36. The van der Waals surface area contributed by atoms with Crippen LogP contribution in [0.5, 0.6) is 5.75 Å². The molecule has 2 N–H and O–H groups in total. The summed E-state index contributed by atoms with van der Waals surface area (Å²) in [5, 5.41) is 0. The highest BCUT2D eigenvalue weighted by atomic mass is 16.5. The molecule has 1 rings (SSSR count). The predicted molar refractivity (Wildman–Crippen MR) is 81.4 cm³/mol. The van der Waals surface area contributed by atoms with Crippen molar-refractivity contribution in [2.75, 3.05) is 27.2 Å². The van der Waals surface area contributed by atoms with Crippen molar-refractivity contribution in [2.24, 2.45) is 11.1 Å². The Morgan fingerprint density at radius 1 is 1.16 bits per heavy atom. The van der Waals surface area contributed by atoms with Gasteiger partial charge in [0.2, 0.25) is 0 Å². The van der Waals surface area contributed by atoms with Crippen LogP contribution in [0.3, 0.4) is 0 Å². The lowest BCUT2D eigenvalue weighted by atomic mass is 9.82. The SMILES string of the molecule is CCC(CC)(CN)CN(C)Cc1ccc(OC)cc1. The second-order valence-corrected chi connectivity index (χ2v) is 5.43. The van der Waals surface area contributed by atoms with Crippen molar-refractivity contribution in [3.8, 4) is 5.75 Å². The van der Waals surface area contributed by atoms with Gasteiger partial charge in [0.25, 0.3) is 0 Å². The Labute approximate surface area is 117 Å². The number of rotatable bonds is 8. The van der Waals surface area contributed by atoms with Crippen LogP contribution in [0.4, 0.5) is 0 Å². The lowest BCUT2D eigenvalue weighted by molar-refractivity contribution is 0.162. The van der Waals surface area contributed by atoms with Gasteiger partial charge >= 0.3 is 0 Å².